The summed E-state index contributed by atoms with van der Waals surface area (Å²) in [7, 11) is 0. The van der Waals surface area contributed by atoms with Gasteiger partial charge in [0.2, 0.25) is 5.91 Å². The molecule has 0 spiro atoms. The van der Waals surface area contributed by atoms with Crippen LogP contribution < -0.4 is 10.1 Å². The number of nitrogens with one attached hydrogen (secondary N) is 1. The Balaban J connectivity index is 1.63. The first-order chi connectivity index (χ1) is 12.3. The van der Waals surface area contributed by atoms with Crippen LogP contribution >= 0.6 is 0 Å². The molecule has 2 aromatic rings. The highest BCUT2D eigenvalue weighted by molar-refractivity contribution is 6.06. The highest BCUT2D eigenvalue weighted by Crippen LogP contribution is 2.25. The third-order valence-electron chi connectivity index (χ3n) is 3.86. The van der Waals surface area contributed by atoms with E-state index in [0.717, 1.165) is 17.7 Å². The Morgan fingerprint density at radius 2 is 1.69 bits per heavy atom. The minimum Gasteiger partial charge on any atom is -0.406 e. The number of rotatable bonds is 5. The molecular weight excluding hydrogens is 349 g/mol. The molecule has 136 valence electrons. The maximum Gasteiger partial charge on any atom is 0.573 e. The number of ether oxygens (including phenoxy) is 1. The zero-order valence-corrected chi connectivity index (χ0v) is 13.5. The Kier molecular flexibility index (Phi) is 4.83. The van der Waals surface area contributed by atoms with Crippen molar-refractivity contribution in [1.29, 1.82) is 0 Å². The van der Waals surface area contributed by atoms with Gasteiger partial charge in [-0.2, -0.15) is 0 Å². The van der Waals surface area contributed by atoms with E-state index in [0.29, 0.717) is 5.69 Å². The zero-order chi connectivity index (χ0) is 18.7. The van der Waals surface area contributed by atoms with Gasteiger partial charge in [0.15, 0.2) is 0 Å². The Morgan fingerprint density at radius 1 is 1.04 bits per heavy atom. The molecule has 1 saturated heterocycles. The van der Waals surface area contributed by atoms with E-state index >= 15 is 0 Å². The summed E-state index contributed by atoms with van der Waals surface area (Å²) in [5.41, 5.74) is 1.26. The van der Waals surface area contributed by atoms with E-state index in [9.17, 15) is 22.8 Å². The number of anilines is 1. The maximum atomic E-state index is 12.4. The summed E-state index contributed by atoms with van der Waals surface area (Å²) < 4.78 is 40.3. The van der Waals surface area contributed by atoms with Gasteiger partial charge in [-0.3, -0.25) is 14.5 Å². The van der Waals surface area contributed by atoms with Crippen molar-refractivity contribution in [3.63, 3.8) is 0 Å². The van der Waals surface area contributed by atoms with E-state index in [1.165, 1.54) is 17.0 Å². The van der Waals surface area contributed by atoms with Gasteiger partial charge in [0.1, 0.15) is 11.8 Å². The summed E-state index contributed by atoms with van der Waals surface area (Å²) in [6.45, 7) is 0.190. The number of halogens is 3. The number of amides is 2. The molecule has 0 unspecified atom stereocenters. The second-order valence-electron chi connectivity index (χ2n) is 5.78. The maximum absolute atomic E-state index is 12.4. The number of hydrogen-bond donors (Lipinski definition) is 1. The Bertz CT molecular complexity index is 792. The lowest BCUT2D eigenvalue weighted by Gasteiger charge is -2.16. The molecule has 0 aromatic heterocycles. The summed E-state index contributed by atoms with van der Waals surface area (Å²) in [5.74, 6) is -1.02. The van der Waals surface area contributed by atoms with Crippen molar-refractivity contribution in [2.45, 2.75) is 25.4 Å². The van der Waals surface area contributed by atoms with Crippen molar-refractivity contribution in [3.8, 4) is 5.75 Å². The molecule has 2 aromatic carbocycles. The third kappa shape index (κ3) is 4.33. The molecule has 8 heteroatoms. The fourth-order valence-corrected chi connectivity index (χ4v) is 2.68. The standard InChI is InChI=1S/C18H15F3N2O3/c19-18(20,21)26-14-8-6-13(7-9-14)22-15-10-16(24)23(17(15)25)11-12-4-2-1-3-5-12/h1-9,15,22H,10-11H2/t15-/m0/s1. The van der Waals surface area contributed by atoms with Gasteiger partial charge in [-0.25, -0.2) is 0 Å². The molecule has 0 bridgehead atoms. The first-order valence-corrected chi connectivity index (χ1v) is 7.82. The van der Waals surface area contributed by atoms with Gasteiger partial charge in [0, 0.05) is 5.69 Å². The topological polar surface area (TPSA) is 58.6 Å². The molecule has 0 radical (unpaired) electrons. The van der Waals surface area contributed by atoms with E-state index in [4.69, 9.17) is 0 Å². The summed E-state index contributed by atoms with van der Waals surface area (Å²) >= 11 is 0. The Labute approximate surface area is 147 Å². The molecule has 1 heterocycles. The Morgan fingerprint density at radius 3 is 2.31 bits per heavy atom. The molecule has 3 rings (SSSR count). The van der Waals surface area contributed by atoms with Crippen molar-refractivity contribution >= 4 is 17.5 Å². The lowest BCUT2D eigenvalue weighted by atomic mass is 10.2. The predicted molar refractivity (Wildman–Crippen MR) is 87.2 cm³/mol. The smallest absolute Gasteiger partial charge is 0.406 e. The van der Waals surface area contributed by atoms with Crippen LogP contribution in [0.4, 0.5) is 18.9 Å². The largest absolute Gasteiger partial charge is 0.573 e. The van der Waals surface area contributed by atoms with E-state index < -0.39 is 12.4 Å². The molecule has 1 fully saturated rings. The number of hydrogen-bond acceptors (Lipinski definition) is 4. The van der Waals surface area contributed by atoms with Crippen molar-refractivity contribution in [2.75, 3.05) is 5.32 Å². The number of benzene rings is 2. The molecule has 1 atom stereocenters. The lowest BCUT2D eigenvalue weighted by molar-refractivity contribution is -0.274. The number of carbonyl (C=O) groups excluding carboxylic acids is 2. The van der Waals surface area contributed by atoms with Gasteiger partial charge in [0.05, 0.1) is 13.0 Å². The average molecular weight is 364 g/mol. The van der Waals surface area contributed by atoms with Gasteiger partial charge >= 0.3 is 6.36 Å². The SMILES string of the molecule is O=C1C[C@H](Nc2ccc(OC(F)(F)F)cc2)C(=O)N1Cc1ccccc1. The van der Waals surface area contributed by atoms with Crippen LogP contribution in [0.5, 0.6) is 5.75 Å². The van der Waals surface area contributed by atoms with Crippen LogP contribution in [0.3, 0.4) is 0 Å². The van der Waals surface area contributed by atoms with E-state index in [1.807, 2.05) is 30.3 Å². The fourth-order valence-electron chi connectivity index (χ4n) is 2.68. The van der Waals surface area contributed by atoms with E-state index in [-0.39, 0.29) is 30.5 Å². The number of alkyl halides is 3. The van der Waals surface area contributed by atoms with Crippen LogP contribution in [0.25, 0.3) is 0 Å². The molecule has 1 N–H and O–H groups in total. The van der Waals surface area contributed by atoms with Crippen LogP contribution in [0.2, 0.25) is 0 Å². The van der Waals surface area contributed by atoms with E-state index in [1.54, 1.807) is 0 Å². The molecule has 0 saturated carbocycles. The minimum atomic E-state index is -4.76. The number of imide groups is 1. The molecular formula is C18H15F3N2O3. The summed E-state index contributed by atoms with van der Waals surface area (Å²) in [6.07, 6.45) is -4.77. The van der Waals surface area contributed by atoms with E-state index in [2.05, 4.69) is 10.1 Å². The molecule has 1 aliphatic heterocycles. The van der Waals surface area contributed by atoms with Crippen LogP contribution in [0, 0.1) is 0 Å². The summed E-state index contributed by atoms with van der Waals surface area (Å²) in [4.78, 5) is 25.7. The van der Waals surface area contributed by atoms with Gasteiger partial charge < -0.3 is 10.1 Å². The van der Waals surface area contributed by atoms with Gasteiger partial charge in [0.25, 0.3) is 5.91 Å². The zero-order valence-electron chi connectivity index (χ0n) is 13.5. The molecule has 0 aliphatic carbocycles. The number of carbonyl (C=O) groups is 2. The first-order valence-electron chi connectivity index (χ1n) is 7.82. The third-order valence-corrected chi connectivity index (χ3v) is 3.86. The van der Waals surface area contributed by atoms with Crippen LogP contribution in [0.15, 0.2) is 54.6 Å². The molecule has 5 nitrogen and oxygen atoms in total. The lowest BCUT2D eigenvalue weighted by Crippen LogP contribution is -2.34. The molecule has 26 heavy (non-hydrogen) atoms. The van der Waals surface area contributed by atoms with Crippen molar-refractivity contribution in [2.24, 2.45) is 0 Å². The summed E-state index contributed by atoms with van der Waals surface area (Å²) in [5, 5.41) is 2.88. The highest BCUT2D eigenvalue weighted by atomic mass is 19.4. The molecule has 1 aliphatic rings. The van der Waals surface area contributed by atoms with Gasteiger partial charge in [-0.1, -0.05) is 30.3 Å². The normalized spacial score (nSPS) is 17.5. The van der Waals surface area contributed by atoms with Crippen LogP contribution in [-0.4, -0.2) is 29.1 Å². The van der Waals surface area contributed by atoms with Crippen molar-refractivity contribution in [1.82, 2.24) is 4.90 Å². The monoisotopic (exact) mass is 364 g/mol. The van der Waals surface area contributed by atoms with Crippen LogP contribution in [-0.2, 0) is 16.1 Å². The Hall–Kier alpha value is -3.03. The predicted octanol–water partition coefficient (Wildman–Crippen LogP) is 3.32. The second kappa shape index (κ2) is 7.07. The first kappa shape index (κ1) is 17.8. The second-order valence-corrected chi connectivity index (χ2v) is 5.78. The van der Waals surface area contributed by atoms with Gasteiger partial charge in [-0.05, 0) is 29.8 Å². The number of likely N-dealkylation sites (tertiary alicyclic amines) is 1. The average Bonchev–Trinajstić information content (AvgIpc) is 2.84. The number of nitrogens with zero attached hydrogens (tertiary/aromatic N) is 1. The molecule has 2 amide bonds. The summed E-state index contributed by atoms with van der Waals surface area (Å²) in [6, 6.07) is 13.4. The highest BCUT2D eigenvalue weighted by Gasteiger charge is 2.38. The quantitative estimate of drug-likeness (QED) is 0.827. The van der Waals surface area contributed by atoms with Gasteiger partial charge in [-0.15, -0.1) is 13.2 Å². The van der Waals surface area contributed by atoms with Crippen LogP contribution in [0.1, 0.15) is 12.0 Å². The van der Waals surface area contributed by atoms with Crippen molar-refractivity contribution < 1.29 is 27.5 Å². The fraction of sp³-hybridized carbons (Fsp3) is 0.222. The van der Waals surface area contributed by atoms with Crippen molar-refractivity contribution in [3.05, 3.63) is 60.2 Å². The minimum absolute atomic E-state index is 0.00747.